The Hall–Kier alpha value is -2.81. The van der Waals surface area contributed by atoms with E-state index in [1.807, 2.05) is 0 Å². The van der Waals surface area contributed by atoms with Gasteiger partial charge in [0.05, 0.1) is 39.2 Å². The van der Waals surface area contributed by atoms with Crippen molar-refractivity contribution >= 4 is 17.8 Å². The molecule has 1 aliphatic rings. The number of unbranched alkanes of at least 4 members (excludes halogenated alkanes) is 18. The number of hydrogen-bond acceptors (Lipinski definition) is 14. The average molecular weight is 902 g/mol. The van der Waals surface area contributed by atoms with Gasteiger partial charge in [-0.3, -0.25) is 14.9 Å². The van der Waals surface area contributed by atoms with Gasteiger partial charge in [0.1, 0.15) is 48.4 Å². The molecule has 8 atom stereocenters. The number of carbonyl (C=O) groups excluding carboxylic acids is 1. The molecule has 0 bridgehead atoms. The molecule has 4 unspecified atom stereocenters. The first-order chi connectivity index (χ1) is 30.4. The molecule has 1 saturated heterocycles. The second-order valence-corrected chi connectivity index (χ2v) is 17.3. The van der Waals surface area contributed by atoms with Crippen LogP contribution < -0.4 is 10.6 Å². The van der Waals surface area contributed by atoms with E-state index in [4.69, 9.17) is 19.3 Å². The summed E-state index contributed by atoms with van der Waals surface area (Å²) in [6, 6.07) is -2.65. The number of nitrogens with one attached hydrogen (secondary N) is 2. The number of amides is 1. The van der Waals surface area contributed by atoms with Crippen LogP contribution in [0.15, 0.2) is 6.20 Å². The van der Waals surface area contributed by atoms with Crippen LogP contribution in [0.1, 0.15) is 174 Å². The molecule has 0 spiro atoms. The zero-order valence-electron chi connectivity index (χ0n) is 38.2. The highest BCUT2D eigenvalue weighted by atomic mass is 16.7. The smallest absolute Gasteiger partial charge is 0.326 e. The summed E-state index contributed by atoms with van der Waals surface area (Å²) in [5.41, 5.74) is 0.382. The van der Waals surface area contributed by atoms with Crippen molar-refractivity contribution in [2.24, 2.45) is 5.92 Å². The van der Waals surface area contributed by atoms with E-state index in [0.29, 0.717) is 5.69 Å². The number of carboxylic acids is 2. The number of aliphatic carboxylic acids is 2. The Morgan fingerprint density at radius 1 is 0.762 bits per heavy atom. The minimum absolute atomic E-state index is 0.0392. The Labute approximate surface area is 374 Å². The van der Waals surface area contributed by atoms with Crippen molar-refractivity contribution in [2.45, 2.75) is 230 Å². The lowest BCUT2D eigenvalue weighted by Gasteiger charge is -2.39. The van der Waals surface area contributed by atoms with Crippen LogP contribution in [0.3, 0.4) is 0 Å². The Balaban J connectivity index is 2.04. The molecule has 0 saturated carbocycles. The normalized spacial score (nSPS) is 20.5. The molecule has 18 nitrogen and oxygen atoms in total. The molecule has 63 heavy (non-hydrogen) atoms. The molecule has 9 N–H and O–H groups in total. The van der Waals surface area contributed by atoms with Crippen molar-refractivity contribution in [2.75, 3.05) is 19.8 Å². The highest BCUT2D eigenvalue weighted by Crippen LogP contribution is 2.24. The number of carboxylic acid groups (broad SMARTS) is 2. The molecule has 1 aliphatic heterocycles. The lowest BCUT2D eigenvalue weighted by molar-refractivity contribution is -0.301. The van der Waals surface area contributed by atoms with E-state index in [0.717, 1.165) is 51.4 Å². The number of aliphatic hydroxyl groups is 5. The molecule has 366 valence electrons. The average Bonchev–Trinajstić information content (AvgIpc) is 3.72. The van der Waals surface area contributed by atoms with E-state index >= 15 is 0 Å². The van der Waals surface area contributed by atoms with Crippen LogP contribution in [0.2, 0.25) is 0 Å². The maximum Gasteiger partial charge on any atom is 0.326 e. The Bertz CT molecular complexity index is 1320. The first-order valence-corrected chi connectivity index (χ1v) is 24.0. The predicted octanol–water partition coefficient (Wildman–Crippen LogP) is 4.56. The number of aliphatic hydroxyl groups excluding tert-OH is 5. The van der Waals surface area contributed by atoms with Gasteiger partial charge in [-0.1, -0.05) is 147 Å². The zero-order valence-corrected chi connectivity index (χ0v) is 38.2. The van der Waals surface area contributed by atoms with Crippen LogP contribution in [-0.4, -0.2) is 137 Å². The first-order valence-electron chi connectivity index (χ1n) is 24.0. The molecular weight excluding hydrogens is 819 g/mol. The second-order valence-electron chi connectivity index (χ2n) is 17.3. The highest BCUT2D eigenvalue weighted by Gasteiger charge is 2.44. The van der Waals surface area contributed by atoms with Crippen molar-refractivity contribution < 1.29 is 64.3 Å². The fourth-order valence-corrected chi connectivity index (χ4v) is 7.85. The van der Waals surface area contributed by atoms with E-state index in [2.05, 4.69) is 34.8 Å². The largest absolute Gasteiger partial charge is 0.481 e. The maximum atomic E-state index is 13.7. The van der Waals surface area contributed by atoms with Crippen LogP contribution in [-0.2, 0) is 41.7 Å². The van der Waals surface area contributed by atoms with Gasteiger partial charge in [-0.15, -0.1) is 5.10 Å². The molecule has 0 aliphatic carbocycles. The van der Waals surface area contributed by atoms with Crippen LogP contribution >= 0.6 is 0 Å². The number of nitrogens with zero attached hydrogens (tertiary/aromatic N) is 3. The molecule has 2 rings (SSSR count). The van der Waals surface area contributed by atoms with Gasteiger partial charge in [0.2, 0.25) is 5.91 Å². The zero-order chi connectivity index (χ0) is 46.2. The van der Waals surface area contributed by atoms with Crippen molar-refractivity contribution in [1.82, 2.24) is 25.6 Å². The number of aromatic nitrogens is 3. The highest BCUT2D eigenvalue weighted by molar-refractivity contribution is 5.87. The van der Waals surface area contributed by atoms with Crippen molar-refractivity contribution in [3.05, 3.63) is 11.9 Å². The van der Waals surface area contributed by atoms with Gasteiger partial charge in [0.15, 0.2) is 6.29 Å². The van der Waals surface area contributed by atoms with Gasteiger partial charge in [0.25, 0.3) is 0 Å². The van der Waals surface area contributed by atoms with Crippen LogP contribution in [0, 0.1) is 5.92 Å². The number of ether oxygens (including phenoxy) is 3. The molecule has 1 amide bonds. The van der Waals surface area contributed by atoms with Crippen molar-refractivity contribution in [3.8, 4) is 0 Å². The van der Waals surface area contributed by atoms with Gasteiger partial charge in [0, 0.05) is 6.42 Å². The molecule has 1 fully saturated rings. The molecular formula is C45H83N5O13. The van der Waals surface area contributed by atoms with Crippen LogP contribution in [0.25, 0.3) is 0 Å². The summed E-state index contributed by atoms with van der Waals surface area (Å²) in [5.74, 6) is -3.48. The summed E-state index contributed by atoms with van der Waals surface area (Å²) in [6.45, 7) is 3.59. The summed E-state index contributed by atoms with van der Waals surface area (Å²) in [7, 11) is 0. The number of rotatable bonds is 40. The molecule has 18 heteroatoms. The molecule has 1 aromatic heterocycles. The third-order valence-electron chi connectivity index (χ3n) is 11.8. The predicted molar refractivity (Wildman–Crippen MR) is 235 cm³/mol. The molecule has 0 aromatic carbocycles. The summed E-state index contributed by atoms with van der Waals surface area (Å²) in [4.78, 5) is 36.9. The first kappa shape index (κ1) is 56.3. The summed E-state index contributed by atoms with van der Waals surface area (Å²) >= 11 is 0. The minimum atomic E-state index is -1.57. The van der Waals surface area contributed by atoms with Gasteiger partial charge < -0.3 is 55.3 Å². The summed E-state index contributed by atoms with van der Waals surface area (Å²) in [5, 5.41) is 83.8. The lowest BCUT2D eigenvalue weighted by Crippen LogP contribution is -2.59. The third kappa shape index (κ3) is 24.3. The van der Waals surface area contributed by atoms with Gasteiger partial charge in [-0.05, 0) is 25.2 Å². The summed E-state index contributed by atoms with van der Waals surface area (Å²) < 4.78 is 18.2. The van der Waals surface area contributed by atoms with E-state index in [1.165, 1.54) is 94.6 Å². The molecule has 2 heterocycles. The quantitative estimate of drug-likeness (QED) is 0.0323. The Morgan fingerprint density at radius 2 is 1.30 bits per heavy atom. The van der Waals surface area contributed by atoms with E-state index < -0.39 is 79.9 Å². The van der Waals surface area contributed by atoms with Crippen LogP contribution in [0.5, 0.6) is 0 Å². The Morgan fingerprint density at radius 3 is 1.81 bits per heavy atom. The summed E-state index contributed by atoms with van der Waals surface area (Å²) in [6.07, 6.45) is 18.0. The van der Waals surface area contributed by atoms with Gasteiger partial charge in [-0.2, -0.15) is 0 Å². The number of carbonyl (C=O) groups is 3. The fraction of sp³-hybridized carbons (Fsp3) is 0.889. The van der Waals surface area contributed by atoms with Gasteiger partial charge in [-0.25, -0.2) is 9.48 Å². The van der Waals surface area contributed by atoms with Crippen molar-refractivity contribution in [1.29, 1.82) is 0 Å². The number of hydrogen-bond donors (Lipinski definition) is 9. The minimum Gasteiger partial charge on any atom is -0.481 e. The monoisotopic (exact) mass is 902 g/mol. The molecule has 0 radical (unpaired) electrons. The SMILES string of the molecule is CCCCCCCCCCCCC(CCCCCCCCCCCC)C(O)N[C@@H](COCc1cn(CCO[C@@H]2OC(CO)[C@@H](O)C(O)C2O)nn1)C(=O)N[C@H](CCC(=O)O)C(=O)O. The van der Waals surface area contributed by atoms with Gasteiger partial charge >= 0.3 is 11.9 Å². The second kappa shape index (κ2) is 34.5. The van der Waals surface area contributed by atoms with E-state index in [-0.39, 0.29) is 38.7 Å². The Kier molecular flexibility index (Phi) is 30.9. The topological polar surface area (TPSA) is 275 Å². The fourth-order valence-electron chi connectivity index (χ4n) is 7.85. The maximum absolute atomic E-state index is 13.7. The molecule has 1 aromatic rings. The standard InChI is InChI=1S/C45H83N5O13/c1-3-5-7-9-11-13-15-17-19-21-23-33(24-22-20-18-16-14-12-10-8-6-4-2)42(57)47-36(43(58)46-35(44(59)60)25-26-38(52)53)32-61-31-34-29-50(49-48-34)27-28-62-45-41(56)40(55)39(54)37(30-51)63-45/h29,33,35-37,39-42,45,47,51,54-57H,3-28,30-32H2,1-2H3,(H,46,58)(H,52,53)(H,59,60)/t35-,36+,37?,39-,40?,41?,42?,45-/m1/s1. The lowest BCUT2D eigenvalue weighted by atomic mass is 9.92. The van der Waals surface area contributed by atoms with Crippen molar-refractivity contribution in [3.63, 3.8) is 0 Å². The third-order valence-corrected chi connectivity index (χ3v) is 11.8. The van der Waals surface area contributed by atoms with E-state index in [1.54, 1.807) is 6.20 Å². The van der Waals surface area contributed by atoms with E-state index in [9.17, 15) is 45.0 Å². The van der Waals surface area contributed by atoms with Crippen LogP contribution in [0.4, 0.5) is 0 Å².